The van der Waals surface area contributed by atoms with E-state index in [4.69, 9.17) is 9.47 Å². The van der Waals surface area contributed by atoms with Gasteiger partial charge in [-0.2, -0.15) is 0 Å². The highest BCUT2D eigenvalue weighted by atomic mass is 79.9. The zero-order valence-electron chi connectivity index (χ0n) is 24.9. The zero-order valence-corrected chi connectivity index (χ0v) is 26.5. The van der Waals surface area contributed by atoms with Crippen LogP contribution in [-0.4, -0.2) is 7.11 Å². The molecule has 1 aliphatic carbocycles. The van der Waals surface area contributed by atoms with Gasteiger partial charge in [-0.15, -0.1) is 0 Å². The molecule has 0 aromatic heterocycles. The molecule has 0 N–H and O–H groups in total. The summed E-state index contributed by atoms with van der Waals surface area (Å²) in [4.78, 5) is 0. The van der Waals surface area contributed by atoms with Gasteiger partial charge in [0.2, 0.25) is 0 Å². The molecular weight excluding hydrogens is 604 g/mol. The first kappa shape index (κ1) is 27.0. The largest absolute Gasteiger partial charge is 0.497 e. The standard InChI is InChI=1S/C41H31BrO2/c1-40(2)36-25-27(26-9-5-4-6-10-26)13-22-34(36)37-32-11-7-8-12-33(32)39-35(38(37)40)23-24-41(44-39,28-14-18-30(42)19-15-28)29-16-20-31(43-3)21-17-29/h4-25H,1-3H3. The second kappa shape index (κ2) is 9.97. The van der Waals surface area contributed by atoms with E-state index in [9.17, 15) is 0 Å². The van der Waals surface area contributed by atoms with Crippen molar-refractivity contribution < 1.29 is 9.47 Å². The highest BCUT2D eigenvalue weighted by Gasteiger charge is 2.44. The predicted octanol–water partition coefficient (Wildman–Crippen LogP) is 10.9. The van der Waals surface area contributed by atoms with Crippen LogP contribution in [0.2, 0.25) is 0 Å². The third-order valence-corrected chi connectivity index (χ3v) is 9.97. The van der Waals surface area contributed by atoms with Crippen molar-refractivity contribution in [2.24, 2.45) is 0 Å². The average Bonchev–Trinajstić information content (AvgIpc) is 3.31. The average molecular weight is 636 g/mol. The van der Waals surface area contributed by atoms with Gasteiger partial charge in [0.05, 0.1) is 7.11 Å². The van der Waals surface area contributed by atoms with Crippen molar-refractivity contribution in [2.75, 3.05) is 7.11 Å². The van der Waals surface area contributed by atoms with E-state index in [0.717, 1.165) is 38.0 Å². The minimum atomic E-state index is -0.812. The van der Waals surface area contributed by atoms with Gasteiger partial charge in [0.15, 0.2) is 5.60 Å². The first-order valence-corrected chi connectivity index (χ1v) is 15.8. The summed E-state index contributed by atoms with van der Waals surface area (Å²) in [6.45, 7) is 4.71. The van der Waals surface area contributed by atoms with Gasteiger partial charge in [-0.1, -0.05) is 127 Å². The van der Waals surface area contributed by atoms with E-state index in [1.807, 2.05) is 12.1 Å². The van der Waals surface area contributed by atoms with Crippen LogP contribution in [0.15, 0.2) is 132 Å². The van der Waals surface area contributed by atoms with E-state index in [1.165, 1.54) is 38.8 Å². The summed E-state index contributed by atoms with van der Waals surface area (Å²) in [7, 11) is 1.70. The Balaban J connectivity index is 1.38. The van der Waals surface area contributed by atoms with Crippen molar-refractivity contribution >= 4 is 32.8 Å². The van der Waals surface area contributed by atoms with Crippen LogP contribution in [-0.2, 0) is 11.0 Å². The minimum absolute atomic E-state index is 0.227. The van der Waals surface area contributed by atoms with Gasteiger partial charge in [0.1, 0.15) is 11.5 Å². The zero-order chi connectivity index (χ0) is 30.1. The number of hydrogen-bond donors (Lipinski definition) is 0. The number of rotatable bonds is 4. The van der Waals surface area contributed by atoms with Crippen molar-refractivity contribution in [1.82, 2.24) is 0 Å². The molecule has 44 heavy (non-hydrogen) atoms. The number of benzene rings is 6. The van der Waals surface area contributed by atoms with Crippen LogP contribution in [0.1, 0.15) is 41.7 Å². The molecule has 0 fully saturated rings. The summed E-state index contributed by atoms with van der Waals surface area (Å²) in [5.74, 6) is 1.74. The summed E-state index contributed by atoms with van der Waals surface area (Å²) in [6, 6.07) is 43.0. The molecule has 0 saturated heterocycles. The lowest BCUT2D eigenvalue weighted by molar-refractivity contribution is 0.163. The van der Waals surface area contributed by atoms with Crippen LogP contribution in [0, 0.1) is 0 Å². The Kier molecular flexibility index (Phi) is 6.11. The van der Waals surface area contributed by atoms with Crippen molar-refractivity contribution in [3.05, 3.63) is 160 Å². The SMILES string of the molecule is COc1ccc(C2(c3ccc(Br)cc3)C=Cc3c4c(c5ccccc5c3O2)-c2ccc(-c3ccccc3)cc2C4(C)C)cc1. The normalized spacial score (nSPS) is 17.5. The maximum Gasteiger partial charge on any atom is 0.178 e. The van der Waals surface area contributed by atoms with Gasteiger partial charge >= 0.3 is 0 Å². The first-order chi connectivity index (χ1) is 21.4. The summed E-state index contributed by atoms with van der Waals surface area (Å²) in [5, 5.41) is 2.34. The van der Waals surface area contributed by atoms with Crippen molar-refractivity contribution in [2.45, 2.75) is 24.9 Å². The Hall–Kier alpha value is -4.60. The Morgan fingerprint density at radius 2 is 1.34 bits per heavy atom. The lowest BCUT2D eigenvalue weighted by atomic mass is 9.76. The fourth-order valence-corrected chi connectivity index (χ4v) is 7.52. The number of fused-ring (bicyclic) bond motifs is 8. The number of methoxy groups -OCH3 is 1. The number of halogens is 1. The minimum Gasteiger partial charge on any atom is -0.497 e. The summed E-state index contributed by atoms with van der Waals surface area (Å²) < 4.78 is 13.9. The van der Waals surface area contributed by atoms with E-state index in [0.29, 0.717) is 0 Å². The Morgan fingerprint density at radius 3 is 2.05 bits per heavy atom. The van der Waals surface area contributed by atoms with Gasteiger partial charge in [-0.3, -0.25) is 0 Å². The monoisotopic (exact) mass is 634 g/mol. The molecule has 0 saturated carbocycles. The highest BCUT2D eigenvalue weighted by Crippen LogP contribution is 2.58. The van der Waals surface area contributed by atoms with Crippen LogP contribution >= 0.6 is 15.9 Å². The number of ether oxygens (including phenoxy) is 2. The molecule has 2 nitrogen and oxygen atoms in total. The Morgan fingerprint density at radius 1 is 0.682 bits per heavy atom. The fraction of sp³-hybridized carbons (Fsp3) is 0.122. The maximum atomic E-state index is 7.39. The molecule has 0 bridgehead atoms. The van der Waals surface area contributed by atoms with Crippen molar-refractivity contribution in [1.29, 1.82) is 0 Å². The summed E-state index contributed by atoms with van der Waals surface area (Å²) in [6.07, 6.45) is 4.55. The van der Waals surface area contributed by atoms with Gasteiger partial charge in [0, 0.05) is 32.0 Å². The lowest BCUT2D eigenvalue weighted by Crippen LogP contribution is -2.35. The molecule has 0 spiro atoms. The van der Waals surface area contributed by atoms with Gasteiger partial charge < -0.3 is 9.47 Å². The third kappa shape index (κ3) is 3.92. The maximum absolute atomic E-state index is 7.39. The van der Waals surface area contributed by atoms with Crippen LogP contribution in [0.5, 0.6) is 11.5 Å². The molecule has 6 aromatic rings. The fourth-order valence-electron chi connectivity index (χ4n) is 7.26. The second-order valence-corrected chi connectivity index (χ2v) is 13.1. The van der Waals surface area contributed by atoms with Gasteiger partial charge in [-0.25, -0.2) is 0 Å². The van der Waals surface area contributed by atoms with E-state index >= 15 is 0 Å². The molecule has 1 unspecified atom stereocenters. The van der Waals surface area contributed by atoms with Gasteiger partial charge in [-0.05, 0) is 75.2 Å². The van der Waals surface area contributed by atoms with Crippen LogP contribution in [0.4, 0.5) is 0 Å². The van der Waals surface area contributed by atoms with Crippen molar-refractivity contribution in [3.8, 4) is 33.8 Å². The topological polar surface area (TPSA) is 18.5 Å². The molecule has 214 valence electrons. The Bertz CT molecular complexity index is 2090. The molecule has 6 aromatic carbocycles. The second-order valence-electron chi connectivity index (χ2n) is 12.2. The van der Waals surface area contributed by atoms with E-state index in [-0.39, 0.29) is 5.41 Å². The predicted molar refractivity (Wildman–Crippen MR) is 185 cm³/mol. The lowest BCUT2D eigenvalue weighted by Gasteiger charge is -2.38. The van der Waals surface area contributed by atoms with E-state index in [2.05, 4.69) is 151 Å². The Labute approximate surface area is 266 Å². The quantitative estimate of drug-likeness (QED) is 0.192. The summed E-state index contributed by atoms with van der Waals surface area (Å²) in [5.41, 5.74) is 9.98. The molecule has 0 amide bonds. The third-order valence-electron chi connectivity index (χ3n) is 9.44. The molecule has 1 aliphatic heterocycles. The molecule has 3 heteroatoms. The molecule has 0 radical (unpaired) electrons. The number of hydrogen-bond acceptors (Lipinski definition) is 2. The van der Waals surface area contributed by atoms with Crippen LogP contribution in [0.25, 0.3) is 39.1 Å². The van der Waals surface area contributed by atoms with E-state index in [1.54, 1.807) is 7.11 Å². The van der Waals surface area contributed by atoms with Gasteiger partial charge in [0.25, 0.3) is 0 Å². The van der Waals surface area contributed by atoms with Crippen molar-refractivity contribution in [3.63, 3.8) is 0 Å². The first-order valence-electron chi connectivity index (χ1n) is 15.0. The highest BCUT2D eigenvalue weighted by molar-refractivity contribution is 9.10. The molecule has 2 aliphatic rings. The van der Waals surface area contributed by atoms with Crippen LogP contribution < -0.4 is 9.47 Å². The molecule has 1 atom stereocenters. The summed E-state index contributed by atoms with van der Waals surface area (Å²) >= 11 is 3.63. The molecule has 8 rings (SSSR count). The molecule has 1 heterocycles. The van der Waals surface area contributed by atoms with Crippen LogP contribution in [0.3, 0.4) is 0 Å². The smallest absolute Gasteiger partial charge is 0.178 e. The molecular formula is C41H31BrO2. The van der Waals surface area contributed by atoms with E-state index < -0.39 is 5.60 Å².